The van der Waals surface area contributed by atoms with Crippen LogP contribution in [0.4, 0.5) is 0 Å². The van der Waals surface area contributed by atoms with Crippen LogP contribution in [0.5, 0.6) is 0 Å². The number of fused-ring (bicyclic) bond motifs is 1. The molecule has 0 bridgehead atoms. The molecule has 2 aromatic carbocycles. The second-order valence-corrected chi connectivity index (χ2v) is 5.69. The third-order valence-electron chi connectivity index (χ3n) is 2.91. The maximum atomic E-state index is 11.2. The molecule has 0 fully saturated rings. The van der Waals surface area contributed by atoms with Crippen molar-refractivity contribution in [1.82, 2.24) is 9.97 Å². The molecule has 0 aliphatic rings. The van der Waals surface area contributed by atoms with Crippen molar-refractivity contribution in [3.05, 3.63) is 59.5 Å². The fraction of sp³-hybridized carbons (Fsp3) is 0. The van der Waals surface area contributed by atoms with E-state index in [-0.39, 0.29) is 5.28 Å². The zero-order valence-corrected chi connectivity index (χ0v) is 12.2. The number of benzene rings is 2. The van der Waals surface area contributed by atoms with Crippen LogP contribution in [0, 0.1) is 0 Å². The van der Waals surface area contributed by atoms with Gasteiger partial charge in [0.15, 0.2) is 0 Å². The predicted octanol–water partition coefficient (Wildman–Crippen LogP) is 4.13. The number of hydrogen-bond acceptors (Lipinski definition) is 4. The minimum Gasteiger partial charge on any atom is -0.478 e. The van der Waals surface area contributed by atoms with Gasteiger partial charge in [-0.25, -0.2) is 14.8 Å². The Morgan fingerprint density at radius 3 is 2.81 bits per heavy atom. The second-order valence-electron chi connectivity index (χ2n) is 4.26. The van der Waals surface area contributed by atoms with E-state index in [4.69, 9.17) is 11.6 Å². The van der Waals surface area contributed by atoms with Crippen molar-refractivity contribution in [3.63, 3.8) is 0 Å². The van der Waals surface area contributed by atoms with Crippen LogP contribution in [0.2, 0.25) is 5.28 Å². The summed E-state index contributed by atoms with van der Waals surface area (Å²) in [4.78, 5) is 20.1. The molecule has 1 aromatic heterocycles. The normalized spacial score (nSPS) is 10.7. The zero-order chi connectivity index (χ0) is 14.8. The van der Waals surface area contributed by atoms with Crippen molar-refractivity contribution < 1.29 is 9.90 Å². The fourth-order valence-corrected chi connectivity index (χ4v) is 3.03. The lowest BCUT2D eigenvalue weighted by atomic mass is 10.1. The van der Waals surface area contributed by atoms with Crippen LogP contribution in [0.25, 0.3) is 10.8 Å². The lowest BCUT2D eigenvalue weighted by Crippen LogP contribution is -1.96. The molecular weight excluding hydrogens is 308 g/mol. The molecule has 0 radical (unpaired) electrons. The highest BCUT2D eigenvalue weighted by Crippen LogP contribution is 2.30. The van der Waals surface area contributed by atoms with Crippen molar-refractivity contribution in [3.8, 4) is 0 Å². The molecule has 21 heavy (non-hydrogen) atoms. The third-order valence-corrected chi connectivity index (χ3v) is 4.01. The van der Waals surface area contributed by atoms with Gasteiger partial charge in [0.25, 0.3) is 0 Å². The van der Waals surface area contributed by atoms with E-state index in [1.54, 1.807) is 24.4 Å². The summed E-state index contributed by atoms with van der Waals surface area (Å²) in [6.45, 7) is 0. The van der Waals surface area contributed by atoms with Crippen molar-refractivity contribution in [2.24, 2.45) is 0 Å². The molecule has 0 aliphatic carbocycles. The third kappa shape index (κ3) is 2.99. The molecule has 104 valence electrons. The van der Waals surface area contributed by atoms with E-state index in [0.717, 1.165) is 20.7 Å². The Morgan fingerprint density at radius 1 is 1.19 bits per heavy atom. The summed E-state index contributed by atoms with van der Waals surface area (Å²) >= 11 is 7.21. The molecule has 0 saturated heterocycles. The molecular formula is C15H9ClN2O2S. The van der Waals surface area contributed by atoms with Crippen LogP contribution in [0.1, 0.15) is 10.4 Å². The molecule has 0 aliphatic heterocycles. The Balaban J connectivity index is 2.00. The summed E-state index contributed by atoms with van der Waals surface area (Å²) in [6, 6.07) is 12.6. The molecule has 1 N–H and O–H groups in total. The van der Waals surface area contributed by atoms with Gasteiger partial charge in [0.2, 0.25) is 5.28 Å². The molecule has 4 nitrogen and oxygen atoms in total. The number of aromatic nitrogens is 2. The summed E-state index contributed by atoms with van der Waals surface area (Å²) in [7, 11) is 0. The number of carbonyl (C=O) groups is 1. The summed E-state index contributed by atoms with van der Waals surface area (Å²) in [5.41, 5.74) is 0.300. The highest BCUT2D eigenvalue weighted by atomic mass is 35.5. The van der Waals surface area contributed by atoms with E-state index in [2.05, 4.69) is 9.97 Å². The number of nitrogens with zero attached hydrogens (tertiary/aromatic N) is 2. The Hall–Kier alpha value is -2.11. The average molecular weight is 317 g/mol. The Kier molecular flexibility index (Phi) is 3.77. The first-order valence-electron chi connectivity index (χ1n) is 6.06. The maximum Gasteiger partial charge on any atom is 0.336 e. The lowest BCUT2D eigenvalue weighted by molar-refractivity contribution is 0.0699. The highest BCUT2D eigenvalue weighted by Gasteiger charge is 2.09. The number of halogens is 1. The summed E-state index contributed by atoms with van der Waals surface area (Å²) < 4.78 is 0. The van der Waals surface area contributed by atoms with Gasteiger partial charge in [-0.1, -0.05) is 30.0 Å². The van der Waals surface area contributed by atoms with Gasteiger partial charge < -0.3 is 5.11 Å². The van der Waals surface area contributed by atoms with Crippen LogP contribution < -0.4 is 0 Å². The van der Waals surface area contributed by atoms with E-state index in [1.807, 2.05) is 24.3 Å². The highest BCUT2D eigenvalue weighted by molar-refractivity contribution is 7.99. The quantitative estimate of drug-likeness (QED) is 0.581. The lowest BCUT2D eigenvalue weighted by Gasteiger charge is -2.05. The monoisotopic (exact) mass is 316 g/mol. The van der Waals surface area contributed by atoms with Gasteiger partial charge in [0.05, 0.1) is 5.56 Å². The molecule has 0 atom stereocenters. The van der Waals surface area contributed by atoms with Crippen LogP contribution in [0.3, 0.4) is 0 Å². The zero-order valence-electron chi connectivity index (χ0n) is 10.7. The van der Waals surface area contributed by atoms with Crippen LogP contribution in [-0.4, -0.2) is 21.0 Å². The molecule has 0 spiro atoms. The van der Waals surface area contributed by atoms with Crippen molar-refractivity contribution in [2.75, 3.05) is 0 Å². The molecule has 0 unspecified atom stereocenters. The minimum absolute atomic E-state index is 0.203. The van der Waals surface area contributed by atoms with Crippen molar-refractivity contribution >= 4 is 40.1 Å². The van der Waals surface area contributed by atoms with E-state index in [0.29, 0.717) is 5.56 Å². The Labute approximate surface area is 129 Å². The Bertz CT molecular complexity index is 839. The number of aromatic carboxylic acids is 1. The smallest absolute Gasteiger partial charge is 0.336 e. The molecule has 0 amide bonds. The first-order chi connectivity index (χ1) is 10.1. The van der Waals surface area contributed by atoms with Gasteiger partial charge in [0, 0.05) is 11.1 Å². The molecule has 0 saturated carbocycles. The summed E-state index contributed by atoms with van der Waals surface area (Å²) in [6.07, 6.45) is 1.60. The van der Waals surface area contributed by atoms with E-state index in [9.17, 15) is 9.90 Å². The second kappa shape index (κ2) is 5.71. The number of hydrogen-bond donors (Lipinski definition) is 1. The summed E-state index contributed by atoms with van der Waals surface area (Å²) in [5, 5.41) is 11.7. The first-order valence-corrected chi connectivity index (χ1v) is 7.25. The maximum absolute atomic E-state index is 11.2. The first kappa shape index (κ1) is 13.9. The van der Waals surface area contributed by atoms with E-state index >= 15 is 0 Å². The van der Waals surface area contributed by atoms with E-state index in [1.165, 1.54) is 11.8 Å². The summed E-state index contributed by atoms with van der Waals surface area (Å²) in [5.74, 6) is -0.927. The van der Waals surface area contributed by atoms with Gasteiger partial charge in [-0.2, -0.15) is 0 Å². The Morgan fingerprint density at radius 2 is 2.05 bits per heavy atom. The van der Waals surface area contributed by atoms with Gasteiger partial charge in [-0.3, -0.25) is 0 Å². The largest absolute Gasteiger partial charge is 0.478 e. The predicted molar refractivity (Wildman–Crippen MR) is 82.1 cm³/mol. The minimum atomic E-state index is -0.927. The number of rotatable bonds is 3. The van der Waals surface area contributed by atoms with Crippen LogP contribution in [0.15, 0.2) is 58.6 Å². The standard InChI is InChI=1S/C15H9ClN2O2S/c16-15-17-7-6-13(18-15)21-10-4-5-11-9(8-10)2-1-3-12(11)14(19)20/h1-8H,(H,19,20). The fourth-order valence-electron chi connectivity index (χ4n) is 2.01. The van der Waals surface area contributed by atoms with Crippen molar-refractivity contribution in [2.45, 2.75) is 9.92 Å². The number of carboxylic acids is 1. The molecule has 3 aromatic rings. The van der Waals surface area contributed by atoms with Gasteiger partial charge in [-0.15, -0.1) is 0 Å². The van der Waals surface area contributed by atoms with Crippen LogP contribution in [-0.2, 0) is 0 Å². The van der Waals surface area contributed by atoms with Gasteiger partial charge >= 0.3 is 5.97 Å². The topological polar surface area (TPSA) is 63.1 Å². The SMILES string of the molecule is O=C(O)c1cccc2cc(Sc3ccnc(Cl)n3)ccc12. The molecule has 1 heterocycles. The van der Waals surface area contributed by atoms with Crippen LogP contribution >= 0.6 is 23.4 Å². The molecule has 3 rings (SSSR count). The van der Waals surface area contributed by atoms with Crippen molar-refractivity contribution in [1.29, 1.82) is 0 Å². The molecule has 6 heteroatoms. The average Bonchev–Trinajstić information content (AvgIpc) is 2.46. The number of carboxylic acid groups (broad SMARTS) is 1. The van der Waals surface area contributed by atoms with E-state index < -0.39 is 5.97 Å². The van der Waals surface area contributed by atoms with Gasteiger partial charge in [-0.05, 0) is 46.6 Å². The van der Waals surface area contributed by atoms with Gasteiger partial charge in [0.1, 0.15) is 5.03 Å².